The van der Waals surface area contributed by atoms with E-state index in [-0.39, 0.29) is 5.00 Å². The molecule has 0 saturated heterocycles. The quantitative estimate of drug-likeness (QED) is 0.664. The Morgan fingerprint density at radius 2 is 2.24 bits per heavy atom. The van der Waals surface area contributed by atoms with Crippen LogP contribution >= 0.6 is 11.3 Å². The zero-order valence-corrected chi connectivity index (χ0v) is 10.9. The van der Waals surface area contributed by atoms with Crippen LogP contribution in [0.2, 0.25) is 0 Å². The standard InChI is InChI=1S/C11H17N3O2S/c1-7-3-4-9(5-8(7)2)13-11-12-6-10(17-11)14(15)16/h6-9H,3-5H2,1-2H3,(H,12,13). The number of nitrogens with one attached hydrogen (secondary N) is 1. The van der Waals surface area contributed by atoms with Crippen LogP contribution in [0.25, 0.3) is 0 Å². The SMILES string of the molecule is CC1CCC(Nc2ncc([N+](=O)[O-])s2)CC1C. The molecule has 3 atom stereocenters. The maximum absolute atomic E-state index is 10.5. The van der Waals surface area contributed by atoms with Crippen LogP contribution < -0.4 is 5.32 Å². The molecule has 94 valence electrons. The van der Waals surface area contributed by atoms with Crippen molar-refractivity contribution in [1.29, 1.82) is 0 Å². The first-order chi connectivity index (χ1) is 8.06. The molecular weight excluding hydrogens is 238 g/mol. The predicted octanol–water partition coefficient (Wildman–Crippen LogP) is 3.29. The van der Waals surface area contributed by atoms with Crippen molar-refractivity contribution < 1.29 is 4.92 Å². The van der Waals surface area contributed by atoms with Crippen LogP contribution in [-0.2, 0) is 0 Å². The van der Waals surface area contributed by atoms with E-state index in [1.54, 1.807) is 0 Å². The van der Waals surface area contributed by atoms with Gasteiger partial charge in [0.2, 0.25) is 0 Å². The lowest BCUT2D eigenvalue weighted by molar-refractivity contribution is -0.380. The van der Waals surface area contributed by atoms with Crippen molar-refractivity contribution in [1.82, 2.24) is 4.98 Å². The zero-order chi connectivity index (χ0) is 12.4. The van der Waals surface area contributed by atoms with Crippen LogP contribution in [0.1, 0.15) is 33.1 Å². The summed E-state index contributed by atoms with van der Waals surface area (Å²) < 4.78 is 0. The number of hydrogen-bond acceptors (Lipinski definition) is 5. The summed E-state index contributed by atoms with van der Waals surface area (Å²) >= 11 is 1.12. The van der Waals surface area contributed by atoms with Gasteiger partial charge in [0, 0.05) is 6.04 Å². The number of thiazole rings is 1. The van der Waals surface area contributed by atoms with Gasteiger partial charge in [-0.25, -0.2) is 4.98 Å². The molecule has 6 heteroatoms. The molecule has 0 amide bonds. The maximum atomic E-state index is 10.5. The van der Waals surface area contributed by atoms with Crippen LogP contribution in [0, 0.1) is 22.0 Å². The largest absolute Gasteiger partial charge is 0.359 e. The van der Waals surface area contributed by atoms with Crippen LogP contribution in [0.15, 0.2) is 6.20 Å². The molecule has 0 aliphatic heterocycles. The average molecular weight is 255 g/mol. The van der Waals surface area contributed by atoms with Crippen molar-refractivity contribution in [3.05, 3.63) is 16.3 Å². The number of rotatable bonds is 3. The highest BCUT2D eigenvalue weighted by atomic mass is 32.1. The van der Waals surface area contributed by atoms with E-state index in [1.165, 1.54) is 12.6 Å². The minimum Gasteiger partial charge on any atom is -0.359 e. The summed E-state index contributed by atoms with van der Waals surface area (Å²) in [6, 6.07) is 0.409. The molecule has 0 radical (unpaired) electrons. The topological polar surface area (TPSA) is 68.1 Å². The third kappa shape index (κ3) is 2.94. The highest BCUT2D eigenvalue weighted by Crippen LogP contribution is 2.32. The second-order valence-electron chi connectivity index (χ2n) is 4.87. The Kier molecular flexibility index (Phi) is 3.61. The molecule has 1 aliphatic rings. The molecular formula is C11H17N3O2S. The predicted molar refractivity (Wildman–Crippen MR) is 68.4 cm³/mol. The second-order valence-corrected chi connectivity index (χ2v) is 5.88. The summed E-state index contributed by atoms with van der Waals surface area (Å²) in [4.78, 5) is 14.2. The van der Waals surface area contributed by atoms with E-state index >= 15 is 0 Å². The minimum absolute atomic E-state index is 0.102. The minimum atomic E-state index is -0.394. The number of nitrogens with zero attached hydrogens (tertiary/aromatic N) is 2. The normalized spacial score (nSPS) is 28.9. The van der Waals surface area contributed by atoms with Gasteiger partial charge in [0.25, 0.3) is 0 Å². The first-order valence-electron chi connectivity index (χ1n) is 5.93. The van der Waals surface area contributed by atoms with E-state index in [0.717, 1.165) is 30.1 Å². The van der Waals surface area contributed by atoms with Gasteiger partial charge in [-0.15, -0.1) is 0 Å². The molecule has 0 bridgehead atoms. The van der Waals surface area contributed by atoms with Gasteiger partial charge in [-0.3, -0.25) is 10.1 Å². The maximum Gasteiger partial charge on any atom is 0.345 e. The Bertz CT molecular complexity index is 407. The van der Waals surface area contributed by atoms with Crippen molar-refractivity contribution >= 4 is 21.5 Å². The lowest BCUT2D eigenvalue weighted by Crippen LogP contribution is -2.30. The van der Waals surface area contributed by atoms with Gasteiger partial charge in [0.1, 0.15) is 6.20 Å². The smallest absolute Gasteiger partial charge is 0.345 e. The van der Waals surface area contributed by atoms with Gasteiger partial charge in [-0.1, -0.05) is 13.8 Å². The number of hydrogen-bond donors (Lipinski definition) is 1. The van der Waals surface area contributed by atoms with E-state index in [9.17, 15) is 10.1 Å². The molecule has 1 N–H and O–H groups in total. The highest BCUT2D eigenvalue weighted by molar-refractivity contribution is 7.18. The third-order valence-corrected chi connectivity index (χ3v) is 4.48. The van der Waals surface area contributed by atoms with Crippen LogP contribution in [0.4, 0.5) is 10.1 Å². The molecule has 0 spiro atoms. The fourth-order valence-electron chi connectivity index (χ4n) is 2.27. The highest BCUT2D eigenvalue weighted by Gasteiger charge is 2.25. The Balaban J connectivity index is 1.94. The van der Waals surface area contributed by atoms with E-state index in [0.29, 0.717) is 17.1 Å². The van der Waals surface area contributed by atoms with Gasteiger partial charge < -0.3 is 5.32 Å². The molecule has 1 heterocycles. The van der Waals surface area contributed by atoms with Crippen molar-refractivity contribution in [2.75, 3.05) is 5.32 Å². The summed E-state index contributed by atoms with van der Waals surface area (Å²) in [5.74, 6) is 1.48. The van der Waals surface area contributed by atoms with E-state index in [4.69, 9.17) is 0 Å². The summed E-state index contributed by atoms with van der Waals surface area (Å²) in [7, 11) is 0. The summed E-state index contributed by atoms with van der Waals surface area (Å²) in [6.45, 7) is 4.55. The monoisotopic (exact) mass is 255 g/mol. The average Bonchev–Trinajstić information content (AvgIpc) is 2.72. The van der Waals surface area contributed by atoms with E-state index in [2.05, 4.69) is 24.1 Å². The second kappa shape index (κ2) is 5.00. The summed E-state index contributed by atoms with van der Waals surface area (Å²) in [5, 5.41) is 14.6. The molecule has 1 saturated carbocycles. The number of aromatic nitrogens is 1. The molecule has 1 aromatic rings. The Morgan fingerprint density at radius 1 is 1.47 bits per heavy atom. The molecule has 0 aromatic carbocycles. The molecule has 1 aromatic heterocycles. The molecule has 2 rings (SSSR count). The van der Waals surface area contributed by atoms with Crippen LogP contribution in [0.5, 0.6) is 0 Å². The Morgan fingerprint density at radius 3 is 2.82 bits per heavy atom. The lowest BCUT2D eigenvalue weighted by Gasteiger charge is -2.32. The van der Waals surface area contributed by atoms with E-state index < -0.39 is 4.92 Å². The van der Waals surface area contributed by atoms with Crippen molar-refractivity contribution in [2.24, 2.45) is 11.8 Å². The molecule has 5 nitrogen and oxygen atoms in total. The Hall–Kier alpha value is -1.17. The van der Waals surface area contributed by atoms with Gasteiger partial charge >= 0.3 is 5.00 Å². The number of nitro groups is 1. The molecule has 17 heavy (non-hydrogen) atoms. The third-order valence-electron chi connectivity index (χ3n) is 3.60. The lowest BCUT2D eigenvalue weighted by atomic mass is 9.79. The number of anilines is 1. The van der Waals surface area contributed by atoms with Gasteiger partial charge in [-0.05, 0) is 42.4 Å². The van der Waals surface area contributed by atoms with Crippen LogP contribution in [0.3, 0.4) is 0 Å². The summed E-state index contributed by atoms with van der Waals surface area (Å²) in [5.41, 5.74) is 0. The zero-order valence-electron chi connectivity index (χ0n) is 10.0. The first-order valence-corrected chi connectivity index (χ1v) is 6.74. The van der Waals surface area contributed by atoms with Crippen molar-refractivity contribution in [2.45, 2.75) is 39.2 Å². The molecule has 1 fully saturated rings. The summed E-state index contributed by atoms with van der Waals surface area (Å²) in [6.07, 6.45) is 4.78. The first kappa shape index (κ1) is 12.3. The molecule has 3 unspecified atom stereocenters. The Labute approximate surface area is 104 Å². The van der Waals surface area contributed by atoms with Gasteiger partial charge in [-0.2, -0.15) is 0 Å². The fourth-order valence-corrected chi connectivity index (χ4v) is 2.98. The van der Waals surface area contributed by atoms with Gasteiger partial charge in [0.15, 0.2) is 5.13 Å². The van der Waals surface area contributed by atoms with E-state index in [1.807, 2.05) is 0 Å². The molecule has 1 aliphatic carbocycles. The van der Waals surface area contributed by atoms with Crippen molar-refractivity contribution in [3.63, 3.8) is 0 Å². The van der Waals surface area contributed by atoms with Crippen LogP contribution in [-0.4, -0.2) is 15.9 Å². The fraction of sp³-hybridized carbons (Fsp3) is 0.727. The van der Waals surface area contributed by atoms with Crippen molar-refractivity contribution in [3.8, 4) is 0 Å². The van der Waals surface area contributed by atoms with Gasteiger partial charge in [0.05, 0.1) is 4.92 Å².